The van der Waals surface area contributed by atoms with Gasteiger partial charge in [-0.15, -0.1) is 0 Å². The van der Waals surface area contributed by atoms with Crippen LogP contribution in [0, 0.1) is 6.92 Å². The SMILES string of the molecule is [CH2]C(CCC)c1cccc2cc3ccccc3cc12. The molecule has 0 bridgehead atoms. The maximum Gasteiger partial charge on any atom is -0.0143 e. The van der Waals surface area contributed by atoms with Crippen LogP contribution < -0.4 is 0 Å². The van der Waals surface area contributed by atoms with Gasteiger partial charge >= 0.3 is 0 Å². The summed E-state index contributed by atoms with van der Waals surface area (Å²) in [6.45, 7) is 6.55. The highest BCUT2D eigenvalue weighted by atomic mass is 14.1. The first-order chi connectivity index (χ1) is 9.29. The number of hydrogen-bond acceptors (Lipinski definition) is 0. The van der Waals surface area contributed by atoms with Gasteiger partial charge in [0.15, 0.2) is 0 Å². The van der Waals surface area contributed by atoms with E-state index < -0.39 is 0 Å². The van der Waals surface area contributed by atoms with Crippen molar-refractivity contribution in [3.05, 3.63) is 67.1 Å². The van der Waals surface area contributed by atoms with Crippen LogP contribution in [0.2, 0.25) is 0 Å². The molecule has 0 amide bonds. The van der Waals surface area contributed by atoms with Gasteiger partial charge in [0.05, 0.1) is 0 Å². The standard InChI is InChI=1S/C19H19/c1-3-7-14(2)18-11-6-10-17-12-15-8-4-5-9-16(15)13-19(17)18/h4-6,8-14H,2-3,7H2,1H3. The van der Waals surface area contributed by atoms with E-state index in [0.717, 1.165) is 6.42 Å². The van der Waals surface area contributed by atoms with Crippen molar-refractivity contribution in [2.75, 3.05) is 0 Å². The molecule has 0 heteroatoms. The average Bonchev–Trinajstić information content (AvgIpc) is 2.44. The molecule has 3 aromatic rings. The predicted molar refractivity (Wildman–Crippen MR) is 84.5 cm³/mol. The molecule has 0 nitrogen and oxygen atoms in total. The first-order valence-corrected chi connectivity index (χ1v) is 7.04. The van der Waals surface area contributed by atoms with Gasteiger partial charge in [0.2, 0.25) is 0 Å². The third-order valence-electron chi connectivity index (χ3n) is 3.86. The van der Waals surface area contributed by atoms with E-state index in [-0.39, 0.29) is 0 Å². The first-order valence-electron chi connectivity index (χ1n) is 7.04. The van der Waals surface area contributed by atoms with Gasteiger partial charge in [-0.2, -0.15) is 0 Å². The van der Waals surface area contributed by atoms with Crippen molar-refractivity contribution in [2.45, 2.75) is 25.7 Å². The van der Waals surface area contributed by atoms with Gasteiger partial charge in [0.1, 0.15) is 0 Å². The lowest BCUT2D eigenvalue weighted by Gasteiger charge is -2.14. The Morgan fingerprint density at radius 2 is 1.58 bits per heavy atom. The van der Waals surface area contributed by atoms with Crippen LogP contribution in [0.25, 0.3) is 21.5 Å². The Bertz CT molecular complexity index is 709. The van der Waals surface area contributed by atoms with Crippen molar-refractivity contribution in [1.29, 1.82) is 0 Å². The van der Waals surface area contributed by atoms with Crippen LogP contribution in [0.5, 0.6) is 0 Å². The van der Waals surface area contributed by atoms with Gasteiger partial charge in [-0.25, -0.2) is 0 Å². The fourth-order valence-electron chi connectivity index (χ4n) is 2.85. The Balaban J connectivity index is 2.26. The largest absolute Gasteiger partial charge is 0.0654 e. The molecule has 0 heterocycles. The Morgan fingerprint density at radius 1 is 0.895 bits per heavy atom. The van der Waals surface area contributed by atoms with Gasteiger partial charge in [0.25, 0.3) is 0 Å². The molecule has 0 spiro atoms. The summed E-state index contributed by atoms with van der Waals surface area (Å²) in [5.41, 5.74) is 1.38. The normalized spacial score (nSPS) is 12.9. The minimum atomic E-state index is 0.384. The summed E-state index contributed by atoms with van der Waals surface area (Å²) in [6, 6.07) is 19.7. The smallest absolute Gasteiger partial charge is 0.0143 e. The molecule has 0 saturated heterocycles. The summed E-state index contributed by atoms with van der Waals surface area (Å²) in [5.74, 6) is 0.384. The van der Waals surface area contributed by atoms with Crippen molar-refractivity contribution in [3.63, 3.8) is 0 Å². The zero-order valence-electron chi connectivity index (χ0n) is 11.4. The van der Waals surface area contributed by atoms with Crippen LogP contribution in [-0.2, 0) is 0 Å². The molecule has 0 N–H and O–H groups in total. The molecule has 1 unspecified atom stereocenters. The van der Waals surface area contributed by atoms with Gasteiger partial charge in [-0.1, -0.05) is 55.8 Å². The van der Waals surface area contributed by atoms with E-state index in [1.807, 2.05) is 0 Å². The molecule has 0 aromatic heterocycles. The lowest BCUT2D eigenvalue weighted by atomic mass is 9.90. The minimum absolute atomic E-state index is 0.384. The zero-order chi connectivity index (χ0) is 13.2. The van der Waals surface area contributed by atoms with Crippen molar-refractivity contribution in [3.8, 4) is 0 Å². The number of fused-ring (bicyclic) bond motifs is 2. The fraction of sp³-hybridized carbons (Fsp3) is 0.211. The average molecular weight is 247 g/mol. The molecular weight excluding hydrogens is 228 g/mol. The van der Waals surface area contributed by atoms with E-state index in [1.54, 1.807) is 0 Å². The molecular formula is C19H19. The summed E-state index contributed by atoms with van der Waals surface area (Å²) in [7, 11) is 0. The van der Waals surface area contributed by atoms with E-state index in [2.05, 4.69) is 68.4 Å². The van der Waals surface area contributed by atoms with Crippen molar-refractivity contribution < 1.29 is 0 Å². The van der Waals surface area contributed by atoms with Crippen molar-refractivity contribution in [2.24, 2.45) is 0 Å². The van der Waals surface area contributed by atoms with E-state index in [1.165, 1.54) is 33.5 Å². The van der Waals surface area contributed by atoms with Gasteiger partial charge < -0.3 is 0 Å². The molecule has 3 aromatic carbocycles. The Labute approximate surface area is 115 Å². The Morgan fingerprint density at radius 3 is 2.32 bits per heavy atom. The van der Waals surface area contributed by atoms with Gasteiger partial charge in [0, 0.05) is 0 Å². The number of benzene rings is 3. The van der Waals surface area contributed by atoms with Crippen LogP contribution in [0.1, 0.15) is 31.2 Å². The van der Waals surface area contributed by atoms with E-state index >= 15 is 0 Å². The van der Waals surface area contributed by atoms with Crippen LogP contribution in [0.4, 0.5) is 0 Å². The van der Waals surface area contributed by atoms with E-state index in [0.29, 0.717) is 5.92 Å². The second kappa shape index (κ2) is 5.05. The fourth-order valence-corrected chi connectivity index (χ4v) is 2.85. The molecule has 95 valence electrons. The zero-order valence-corrected chi connectivity index (χ0v) is 11.4. The van der Waals surface area contributed by atoms with Crippen molar-refractivity contribution >= 4 is 21.5 Å². The first kappa shape index (κ1) is 12.2. The Hall–Kier alpha value is -1.82. The molecule has 0 aliphatic heterocycles. The molecule has 3 rings (SSSR count). The molecule has 1 radical (unpaired) electrons. The van der Waals surface area contributed by atoms with Crippen LogP contribution >= 0.6 is 0 Å². The quantitative estimate of drug-likeness (QED) is 0.520. The van der Waals surface area contributed by atoms with Crippen molar-refractivity contribution in [1.82, 2.24) is 0 Å². The monoisotopic (exact) mass is 247 g/mol. The maximum absolute atomic E-state index is 4.33. The number of rotatable bonds is 3. The summed E-state index contributed by atoms with van der Waals surface area (Å²) in [6.07, 6.45) is 2.32. The van der Waals surface area contributed by atoms with Gasteiger partial charge in [-0.05, 0) is 58.5 Å². The lowest BCUT2D eigenvalue weighted by Crippen LogP contribution is -1.94. The lowest BCUT2D eigenvalue weighted by molar-refractivity contribution is 0.719. The summed E-state index contributed by atoms with van der Waals surface area (Å²) in [5, 5.41) is 5.30. The highest BCUT2D eigenvalue weighted by Gasteiger charge is 2.09. The second-order valence-corrected chi connectivity index (χ2v) is 5.25. The Kier molecular flexibility index (Phi) is 3.25. The highest BCUT2D eigenvalue weighted by molar-refractivity contribution is 5.99. The molecule has 0 aliphatic rings. The topological polar surface area (TPSA) is 0 Å². The summed E-state index contributed by atoms with van der Waals surface area (Å²) >= 11 is 0. The minimum Gasteiger partial charge on any atom is -0.0654 e. The van der Waals surface area contributed by atoms with E-state index in [9.17, 15) is 0 Å². The second-order valence-electron chi connectivity index (χ2n) is 5.25. The highest BCUT2D eigenvalue weighted by Crippen LogP contribution is 2.31. The third kappa shape index (κ3) is 2.23. The molecule has 0 fully saturated rings. The molecule has 1 atom stereocenters. The van der Waals surface area contributed by atoms with Crippen LogP contribution in [0.3, 0.4) is 0 Å². The summed E-state index contributed by atoms with van der Waals surface area (Å²) < 4.78 is 0. The van der Waals surface area contributed by atoms with E-state index in [4.69, 9.17) is 0 Å². The number of hydrogen-bond donors (Lipinski definition) is 0. The third-order valence-corrected chi connectivity index (χ3v) is 3.86. The molecule has 0 aliphatic carbocycles. The molecule has 0 saturated carbocycles. The van der Waals surface area contributed by atoms with Gasteiger partial charge in [-0.3, -0.25) is 0 Å². The maximum atomic E-state index is 4.33. The summed E-state index contributed by atoms with van der Waals surface area (Å²) in [4.78, 5) is 0. The predicted octanol–water partition coefficient (Wildman–Crippen LogP) is 5.71. The van der Waals surface area contributed by atoms with Crippen LogP contribution in [-0.4, -0.2) is 0 Å². The van der Waals surface area contributed by atoms with Crippen LogP contribution in [0.15, 0.2) is 54.6 Å². The molecule has 19 heavy (non-hydrogen) atoms.